The maximum atomic E-state index is 10.8. The summed E-state index contributed by atoms with van der Waals surface area (Å²) in [6.45, 7) is 0. The minimum Gasteiger partial charge on any atom is -0.495 e. The first-order chi connectivity index (χ1) is 6.72. The molecule has 0 aliphatic heterocycles. The van der Waals surface area contributed by atoms with Gasteiger partial charge in [0.15, 0.2) is 15.7 Å². The first-order valence-electron chi connectivity index (χ1n) is 3.88. The number of pyridine rings is 1. The molecule has 0 bridgehead atoms. The van der Waals surface area contributed by atoms with Gasteiger partial charge in [-0.05, 0) is 12.1 Å². The van der Waals surface area contributed by atoms with Gasteiger partial charge in [0.05, 0.1) is 19.5 Å². The Morgan fingerprint density at radius 1 is 1.43 bits per heavy atom. The normalized spacial score (nSPS) is 11.0. The fourth-order valence-corrected chi connectivity index (χ4v) is 1.69. The van der Waals surface area contributed by atoms with Gasteiger partial charge in [-0.15, -0.1) is 0 Å². The molecular formula is C8H8N2O3S. The van der Waals surface area contributed by atoms with Gasteiger partial charge in [-0.25, -0.2) is 13.4 Å². The van der Waals surface area contributed by atoms with E-state index in [9.17, 15) is 8.42 Å². The molecule has 6 heteroatoms. The lowest BCUT2D eigenvalue weighted by molar-refractivity contribution is 0.412. The molecule has 0 amide bonds. The largest absolute Gasteiger partial charge is 0.495 e. The molecule has 5 nitrogen and oxygen atoms in total. The fourth-order valence-electron chi connectivity index (χ4n) is 1.20. The van der Waals surface area contributed by atoms with Gasteiger partial charge in [-0.1, -0.05) is 0 Å². The third-order valence-corrected chi connectivity index (χ3v) is 2.59. The van der Waals surface area contributed by atoms with Crippen molar-refractivity contribution in [1.29, 1.82) is 0 Å². The van der Waals surface area contributed by atoms with Crippen molar-refractivity contribution < 1.29 is 13.2 Å². The first kappa shape index (κ1) is 9.01. The summed E-state index contributed by atoms with van der Waals surface area (Å²) in [6, 6.07) is 3.42. The molecule has 2 heterocycles. The highest BCUT2D eigenvalue weighted by Crippen LogP contribution is 2.14. The van der Waals surface area contributed by atoms with E-state index in [1.165, 1.54) is 17.7 Å². The molecule has 0 fully saturated rings. The number of thiol groups is 1. The van der Waals surface area contributed by atoms with Crippen LogP contribution >= 0.6 is 0 Å². The second-order valence-corrected chi connectivity index (χ2v) is 3.64. The van der Waals surface area contributed by atoms with Crippen LogP contribution in [0.2, 0.25) is 0 Å². The fraction of sp³-hybridized carbons (Fsp3) is 0.125. The number of hydrogen-bond acceptors (Lipinski definition) is 4. The lowest BCUT2D eigenvalue weighted by Crippen LogP contribution is -1.92. The molecule has 2 rings (SSSR count). The molecule has 2 aromatic heterocycles. The van der Waals surface area contributed by atoms with Gasteiger partial charge in [-0.2, -0.15) is 0 Å². The second-order valence-electron chi connectivity index (χ2n) is 2.67. The summed E-state index contributed by atoms with van der Waals surface area (Å²) in [4.78, 5) is 3.94. The number of fused-ring (bicyclic) bond motifs is 1. The van der Waals surface area contributed by atoms with Crippen molar-refractivity contribution in [2.24, 2.45) is 0 Å². The van der Waals surface area contributed by atoms with Crippen LogP contribution in [-0.2, 0) is 10.7 Å². The van der Waals surface area contributed by atoms with Crippen LogP contribution in [0, 0.1) is 0 Å². The Kier molecular flexibility index (Phi) is 2.12. The molecule has 0 atom stereocenters. The summed E-state index contributed by atoms with van der Waals surface area (Å²) in [5, 5.41) is 0.161. The third kappa shape index (κ3) is 1.33. The molecule has 14 heavy (non-hydrogen) atoms. The van der Waals surface area contributed by atoms with Gasteiger partial charge >= 0.3 is 0 Å². The summed E-state index contributed by atoms with van der Waals surface area (Å²) < 4.78 is 28.1. The Morgan fingerprint density at radius 2 is 2.21 bits per heavy atom. The van der Waals surface area contributed by atoms with Crippen molar-refractivity contribution >= 4 is 16.4 Å². The van der Waals surface area contributed by atoms with Crippen molar-refractivity contribution in [3.05, 3.63) is 24.5 Å². The summed E-state index contributed by atoms with van der Waals surface area (Å²) in [5.74, 6) is 0.591. The Bertz CT molecular complexity index is 537. The topological polar surface area (TPSA) is 60.7 Å². The van der Waals surface area contributed by atoms with Crippen molar-refractivity contribution in [2.75, 3.05) is 7.11 Å². The van der Waals surface area contributed by atoms with Crippen LogP contribution in [0.25, 0.3) is 5.65 Å². The van der Waals surface area contributed by atoms with Gasteiger partial charge in [0.1, 0.15) is 11.4 Å². The number of ether oxygens (including phenoxy) is 1. The number of rotatable bonds is 2. The summed E-state index contributed by atoms with van der Waals surface area (Å²) >= 11 is 0. The van der Waals surface area contributed by atoms with Crippen LogP contribution in [0.15, 0.2) is 29.6 Å². The Hall–Kier alpha value is -1.56. The van der Waals surface area contributed by atoms with E-state index in [0.717, 1.165) is 0 Å². The lowest BCUT2D eigenvalue weighted by Gasteiger charge is -2.00. The van der Waals surface area contributed by atoms with Crippen LogP contribution in [0.5, 0.6) is 5.75 Å². The quantitative estimate of drug-likeness (QED) is 0.728. The predicted molar refractivity (Wildman–Crippen MR) is 50.3 cm³/mol. The average Bonchev–Trinajstić information content (AvgIpc) is 2.59. The Labute approximate surface area is 81.9 Å². The monoisotopic (exact) mass is 212 g/mol. The van der Waals surface area contributed by atoms with E-state index in [0.29, 0.717) is 11.4 Å². The van der Waals surface area contributed by atoms with Crippen molar-refractivity contribution in [3.63, 3.8) is 0 Å². The zero-order valence-corrected chi connectivity index (χ0v) is 8.27. The molecule has 0 N–H and O–H groups in total. The minimum atomic E-state index is -2.63. The molecule has 0 saturated heterocycles. The van der Waals surface area contributed by atoms with Crippen molar-refractivity contribution in [1.82, 2.24) is 9.38 Å². The zero-order chi connectivity index (χ0) is 10.1. The van der Waals surface area contributed by atoms with Crippen molar-refractivity contribution in [3.8, 4) is 5.75 Å². The summed E-state index contributed by atoms with van der Waals surface area (Å²) in [5.41, 5.74) is 0.583. The molecule has 0 saturated carbocycles. The SMILES string of the molecule is COc1ccc2ncc([SH](=O)=O)n2c1. The Balaban J connectivity index is 2.75. The van der Waals surface area contributed by atoms with Crippen LogP contribution < -0.4 is 4.74 Å². The number of nitrogens with zero attached hydrogens (tertiary/aromatic N) is 2. The zero-order valence-electron chi connectivity index (χ0n) is 7.38. The van der Waals surface area contributed by atoms with Crippen LogP contribution in [0.1, 0.15) is 0 Å². The number of aromatic nitrogens is 2. The smallest absolute Gasteiger partial charge is 0.185 e. The van der Waals surface area contributed by atoms with Gasteiger partial charge in [0.25, 0.3) is 0 Å². The number of imidazole rings is 1. The molecule has 0 unspecified atom stereocenters. The van der Waals surface area contributed by atoms with Crippen molar-refractivity contribution in [2.45, 2.75) is 5.03 Å². The maximum absolute atomic E-state index is 10.8. The van der Waals surface area contributed by atoms with Gasteiger partial charge in [-0.3, -0.25) is 4.40 Å². The van der Waals surface area contributed by atoms with E-state index in [1.807, 2.05) is 0 Å². The number of hydrogen-bond donors (Lipinski definition) is 1. The predicted octanol–water partition coefficient (Wildman–Crippen LogP) is 0.313. The highest BCUT2D eigenvalue weighted by atomic mass is 32.2. The molecule has 0 aromatic carbocycles. The second kappa shape index (κ2) is 3.30. The third-order valence-electron chi connectivity index (χ3n) is 1.88. The summed E-state index contributed by atoms with van der Waals surface area (Å²) in [7, 11) is -1.11. The molecular weight excluding hydrogens is 204 g/mol. The lowest BCUT2D eigenvalue weighted by atomic mass is 10.4. The highest BCUT2D eigenvalue weighted by Gasteiger charge is 2.05. The van der Waals surface area contributed by atoms with E-state index in [4.69, 9.17) is 4.74 Å². The standard InChI is InChI=1S/C8H8N2O3S/c1-13-6-2-3-7-9-4-8(14(11)12)10(7)5-6/h2-5,14H,1H3. The minimum absolute atomic E-state index is 0.161. The number of methoxy groups -OCH3 is 1. The van der Waals surface area contributed by atoms with E-state index < -0.39 is 10.7 Å². The summed E-state index contributed by atoms with van der Waals surface area (Å²) in [6.07, 6.45) is 2.91. The van der Waals surface area contributed by atoms with Gasteiger partial charge in [0.2, 0.25) is 0 Å². The van der Waals surface area contributed by atoms with E-state index >= 15 is 0 Å². The molecule has 2 aromatic rings. The van der Waals surface area contributed by atoms with E-state index in [2.05, 4.69) is 4.98 Å². The van der Waals surface area contributed by atoms with Crippen LogP contribution in [-0.4, -0.2) is 24.9 Å². The molecule has 0 aliphatic rings. The van der Waals surface area contributed by atoms with Crippen LogP contribution in [0.4, 0.5) is 0 Å². The van der Waals surface area contributed by atoms with Gasteiger partial charge < -0.3 is 4.74 Å². The highest BCUT2D eigenvalue weighted by molar-refractivity contribution is 7.72. The van der Waals surface area contributed by atoms with E-state index in [-0.39, 0.29) is 5.03 Å². The van der Waals surface area contributed by atoms with Gasteiger partial charge in [0, 0.05) is 0 Å². The van der Waals surface area contributed by atoms with E-state index in [1.54, 1.807) is 18.3 Å². The molecule has 74 valence electrons. The molecule has 0 aliphatic carbocycles. The Morgan fingerprint density at radius 3 is 2.86 bits per heavy atom. The first-order valence-corrected chi connectivity index (χ1v) is 5.05. The average molecular weight is 212 g/mol. The maximum Gasteiger partial charge on any atom is 0.185 e. The molecule has 0 radical (unpaired) electrons. The molecule has 0 spiro atoms. The van der Waals surface area contributed by atoms with Crippen LogP contribution in [0.3, 0.4) is 0 Å².